The van der Waals surface area contributed by atoms with Gasteiger partial charge in [0.1, 0.15) is 5.82 Å². The van der Waals surface area contributed by atoms with E-state index < -0.39 is 11.7 Å². The minimum absolute atomic E-state index is 0.190. The fourth-order valence-corrected chi connectivity index (χ4v) is 0.888. The summed E-state index contributed by atoms with van der Waals surface area (Å²) in [5.41, 5.74) is 0.190. The molecule has 1 aromatic heterocycles. The summed E-state index contributed by atoms with van der Waals surface area (Å²) in [4.78, 5) is 0. The predicted molar refractivity (Wildman–Crippen MR) is 33.4 cm³/mol. The van der Waals surface area contributed by atoms with Crippen LogP contribution in [0.3, 0.4) is 0 Å². The smallest absolute Gasteiger partial charge is 0.169 e. The van der Waals surface area contributed by atoms with Crippen molar-refractivity contribution in [2.75, 3.05) is 0 Å². The molecule has 0 aliphatic carbocycles. The number of aromatic nitrogens is 1. The molecule has 0 bridgehead atoms. The van der Waals surface area contributed by atoms with Crippen LogP contribution in [0.4, 0.5) is 4.39 Å². The Balaban J connectivity index is 2.86. The van der Waals surface area contributed by atoms with Gasteiger partial charge in [0.05, 0.1) is 0 Å². The average molecular weight is 152 g/mol. The van der Waals surface area contributed by atoms with E-state index in [0.717, 1.165) is 6.07 Å². The highest BCUT2D eigenvalue weighted by atomic mass is 19.1. The van der Waals surface area contributed by atoms with Gasteiger partial charge in [-0.2, -0.15) is 0 Å². The second-order valence-electron chi connectivity index (χ2n) is 2.13. The highest BCUT2D eigenvalue weighted by Gasteiger charge is 2.00. The van der Waals surface area contributed by atoms with E-state index in [9.17, 15) is 9.50 Å². The summed E-state index contributed by atoms with van der Waals surface area (Å²) in [5.74, 6) is -0.895. The topological polar surface area (TPSA) is 49.1 Å². The number of rotatable bonds is 0. The van der Waals surface area contributed by atoms with Gasteiger partial charge >= 0.3 is 0 Å². The number of hydrogen-bond acceptors (Lipinski definition) is 3. The second kappa shape index (κ2) is 1.95. The Morgan fingerprint density at radius 3 is 3.09 bits per heavy atom. The Labute approximate surface area is 61.0 Å². The second-order valence-corrected chi connectivity index (χ2v) is 2.13. The molecule has 0 fully saturated rings. The number of fused-ring (bicyclic) bond motifs is 1. The van der Waals surface area contributed by atoms with Gasteiger partial charge in [0.25, 0.3) is 0 Å². The van der Waals surface area contributed by atoms with Crippen molar-refractivity contribution in [3.63, 3.8) is 0 Å². The van der Waals surface area contributed by atoms with Crippen molar-refractivity contribution >= 4 is 11.0 Å². The number of benzene rings is 1. The monoisotopic (exact) mass is 152 g/mol. The molecule has 3 nitrogen and oxygen atoms in total. The van der Waals surface area contributed by atoms with Gasteiger partial charge in [-0.05, 0) is 12.1 Å². The maximum absolute atomic E-state index is 12.5. The lowest BCUT2D eigenvalue weighted by atomic mass is 10.2. The Morgan fingerprint density at radius 2 is 2.27 bits per heavy atom. The molecule has 0 aliphatic heterocycles. The van der Waals surface area contributed by atoms with E-state index in [1.807, 2.05) is 0 Å². The fraction of sp³-hybridized carbons (Fsp3) is 0. The Kier molecular flexibility index (Phi) is 1.09. The number of hydrogen-bond donors (Lipinski definition) is 0. The molecule has 4 heteroatoms. The van der Waals surface area contributed by atoms with Crippen molar-refractivity contribution in [1.29, 1.82) is 0 Å². The van der Waals surface area contributed by atoms with Gasteiger partial charge in [0.2, 0.25) is 0 Å². The first kappa shape index (κ1) is 6.15. The van der Waals surface area contributed by atoms with Gasteiger partial charge in [-0.3, -0.25) is 0 Å². The van der Waals surface area contributed by atoms with Crippen LogP contribution in [0.15, 0.2) is 22.7 Å². The first-order valence-electron chi connectivity index (χ1n) is 2.99. The Morgan fingerprint density at radius 1 is 1.45 bits per heavy atom. The molecular formula is C7H3FNO2-. The Hall–Kier alpha value is -1.58. The molecule has 0 spiro atoms. The summed E-state index contributed by atoms with van der Waals surface area (Å²) < 4.78 is 17.0. The lowest BCUT2D eigenvalue weighted by Crippen LogP contribution is -1.88. The molecule has 0 saturated heterocycles. The standard InChI is InChI=1S/C7H4FNO2/c8-4-1-2-5-6(3-4)11-9-7(5)10/h1-3H,(H,9,10)/p-1. The van der Waals surface area contributed by atoms with Crippen LogP contribution in [-0.2, 0) is 0 Å². The third kappa shape index (κ3) is 0.832. The zero-order chi connectivity index (χ0) is 7.84. The summed E-state index contributed by atoms with van der Waals surface area (Å²) in [6, 6.07) is 3.67. The molecule has 1 heterocycles. The summed E-state index contributed by atoms with van der Waals surface area (Å²) in [7, 11) is 0. The van der Waals surface area contributed by atoms with Crippen molar-refractivity contribution in [3.05, 3.63) is 24.0 Å². The number of halogens is 1. The van der Waals surface area contributed by atoms with Gasteiger partial charge in [-0.15, -0.1) is 0 Å². The zero-order valence-corrected chi connectivity index (χ0v) is 5.37. The van der Waals surface area contributed by atoms with Crippen LogP contribution >= 0.6 is 0 Å². The fourth-order valence-electron chi connectivity index (χ4n) is 0.888. The van der Waals surface area contributed by atoms with Crippen LogP contribution < -0.4 is 5.11 Å². The van der Waals surface area contributed by atoms with Crippen molar-refractivity contribution in [1.82, 2.24) is 5.16 Å². The van der Waals surface area contributed by atoms with Crippen LogP contribution in [-0.4, -0.2) is 5.16 Å². The van der Waals surface area contributed by atoms with E-state index in [4.69, 9.17) is 0 Å². The van der Waals surface area contributed by atoms with Crippen molar-refractivity contribution in [2.24, 2.45) is 0 Å². The maximum atomic E-state index is 12.5. The van der Waals surface area contributed by atoms with E-state index in [1.54, 1.807) is 0 Å². The van der Waals surface area contributed by atoms with Gasteiger partial charge in [-0.1, -0.05) is 5.16 Å². The van der Waals surface area contributed by atoms with Gasteiger partial charge in [0, 0.05) is 17.3 Å². The van der Waals surface area contributed by atoms with E-state index >= 15 is 0 Å². The summed E-state index contributed by atoms with van der Waals surface area (Å²) in [6.45, 7) is 0. The molecule has 1 aromatic carbocycles. The molecule has 0 radical (unpaired) electrons. The third-order valence-corrected chi connectivity index (χ3v) is 1.40. The number of nitrogens with zero attached hydrogens (tertiary/aromatic N) is 1. The van der Waals surface area contributed by atoms with Crippen molar-refractivity contribution in [3.8, 4) is 5.88 Å². The summed E-state index contributed by atoms with van der Waals surface area (Å²) in [6.07, 6.45) is 0. The van der Waals surface area contributed by atoms with E-state index in [-0.39, 0.29) is 5.58 Å². The molecule has 11 heavy (non-hydrogen) atoms. The van der Waals surface area contributed by atoms with E-state index in [1.165, 1.54) is 12.1 Å². The van der Waals surface area contributed by atoms with Crippen LogP contribution in [0, 0.1) is 5.82 Å². The highest BCUT2D eigenvalue weighted by molar-refractivity contribution is 5.81. The van der Waals surface area contributed by atoms with Crippen LogP contribution in [0.5, 0.6) is 5.88 Å². The summed E-state index contributed by atoms with van der Waals surface area (Å²) in [5, 5.41) is 14.2. The van der Waals surface area contributed by atoms with Crippen LogP contribution in [0.1, 0.15) is 0 Å². The molecule has 56 valence electrons. The highest BCUT2D eigenvalue weighted by Crippen LogP contribution is 2.21. The molecule has 0 N–H and O–H groups in total. The van der Waals surface area contributed by atoms with E-state index in [2.05, 4.69) is 9.68 Å². The minimum Gasteiger partial charge on any atom is -0.856 e. The van der Waals surface area contributed by atoms with Gasteiger partial charge < -0.3 is 9.63 Å². The van der Waals surface area contributed by atoms with Crippen molar-refractivity contribution < 1.29 is 14.0 Å². The molecule has 0 atom stereocenters. The maximum Gasteiger partial charge on any atom is 0.169 e. The molecule has 0 amide bonds. The normalized spacial score (nSPS) is 10.6. The summed E-state index contributed by atoms with van der Waals surface area (Å²) >= 11 is 0. The van der Waals surface area contributed by atoms with Gasteiger partial charge in [0.15, 0.2) is 5.58 Å². The zero-order valence-electron chi connectivity index (χ0n) is 5.37. The molecule has 2 rings (SSSR count). The lowest BCUT2D eigenvalue weighted by Gasteiger charge is -1.93. The third-order valence-electron chi connectivity index (χ3n) is 1.40. The predicted octanol–water partition coefficient (Wildman–Crippen LogP) is 1.04. The molecule has 0 saturated carbocycles. The molecule has 2 aromatic rings. The molecule has 0 unspecified atom stereocenters. The van der Waals surface area contributed by atoms with Crippen molar-refractivity contribution in [2.45, 2.75) is 0 Å². The van der Waals surface area contributed by atoms with Crippen LogP contribution in [0.25, 0.3) is 11.0 Å². The first-order valence-corrected chi connectivity index (χ1v) is 2.99. The van der Waals surface area contributed by atoms with Crippen LogP contribution in [0.2, 0.25) is 0 Å². The molecule has 0 aliphatic rings. The minimum atomic E-state index is -0.458. The van der Waals surface area contributed by atoms with E-state index in [0.29, 0.717) is 5.39 Å². The Bertz CT molecular complexity index is 396. The SMILES string of the molecule is [O-]c1noc2cc(F)ccc12. The van der Waals surface area contributed by atoms with Gasteiger partial charge in [-0.25, -0.2) is 4.39 Å². The average Bonchev–Trinajstić information content (AvgIpc) is 2.32. The first-order chi connectivity index (χ1) is 5.27. The lowest BCUT2D eigenvalue weighted by molar-refractivity contribution is -0.274. The largest absolute Gasteiger partial charge is 0.856 e. The quantitative estimate of drug-likeness (QED) is 0.566. The molecular weight excluding hydrogens is 149 g/mol.